The van der Waals surface area contributed by atoms with Crippen LogP contribution in [0.2, 0.25) is 0 Å². The number of carbonyl (C=O) groups excluding carboxylic acids is 1. The molecule has 0 aromatic rings. The van der Waals surface area contributed by atoms with Crippen LogP contribution in [0.3, 0.4) is 0 Å². The van der Waals surface area contributed by atoms with Crippen LogP contribution in [0.15, 0.2) is 0 Å². The summed E-state index contributed by atoms with van der Waals surface area (Å²) in [6.45, 7) is 5.08. The topological polar surface area (TPSA) is 32.3 Å². The number of hydrogen-bond donors (Lipinski definition) is 1. The normalized spacial score (nSPS) is 19.1. The maximum absolute atomic E-state index is 11.9. The summed E-state index contributed by atoms with van der Waals surface area (Å²) in [6.07, 6.45) is 5.58. The van der Waals surface area contributed by atoms with Crippen molar-refractivity contribution in [2.75, 3.05) is 13.6 Å². The summed E-state index contributed by atoms with van der Waals surface area (Å²) in [5.41, 5.74) is 0. The Morgan fingerprint density at radius 3 is 2.60 bits per heavy atom. The van der Waals surface area contributed by atoms with Crippen LogP contribution in [0.25, 0.3) is 0 Å². The highest BCUT2D eigenvalue weighted by atomic mass is 16.2. The van der Waals surface area contributed by atoms with Crippen molar-refractivity contribution in [3.8, 4) is 0 Å². The first-order valence-corrected chi connectivity index (χ1v) is 6.14. The van der Waals surface area contributed by atoms with Crippen molar-refractivity contribution in [2.45, 2.75) is 58.0 Å². The molecule has 88 valence electrons. The summed E-state index contributed by atoms with van der Waals surface area (Å²) in [5, 5.41) is 3.27. The van der Waals surface area contributed by atoms with Gasteiger partial charge in [0.25, 0.3) is 0 Å². The van der Waals surface area contributed by atoms with Crippen molar-refractivity contribution in [2.24, 2.45) is 0 Å². The SMILES string of the molecule is CCNC(C)CC(=O)N(C)C1CCCC1. The minimum Gasteiger partial charge on any atom is -0.343 e. The second kappa shape index (κ2) is 6.11. The minimum atomic E-state index is 0.287. The zero-order chi connectivity index (χ0) is 11.3. The molecule has 0 aromatic carbocycles. The molecule has 0 saturated heterocycles. The van der Waals surface area contributed by atoms with Gasteiger partial charge in [-0.25, -0.2) is 0 Å². The molecule has 1 fully saturated rings. The van der Waals surface area contributed by atoms with E-state index in [1.807, 2.05) is 11.9 Å². The van der Waals surface area contributed by atoms with E-state index >= 15 is 0 Å². The molecule has 1 amide bonds. The van der Waals surface area contributed by atoms with Crippen LogP contribution in [0.5, 0.6) is 0 Å². The third kappa shape index (κ3) is 3.82. The van der Waals surface area contributed by atoms with Gasteiger partial charge in [-0.1, -0.05) is 19.8 Å². The van der Waals surface area contributed by atoms with Gasteiger partial charge in [-0.15, -0.1) is 0 Å². The van der Waals surface area contributed by atoms with E-state index in [1.165, 1.54) is 25.7 Å². The zero-order valence-corrected chi connectivity index (χ0v) is 10.3. The van der Waals surface area contributed by atoms with Gasteiger partial charge in [-0.05, 0) is 26.3 Å². The van der Waals surface area contributed by atoms with E-state index in [0.29, 0.717) is 18.5 Å². The molecule has 1 unspecified atom stereocenters. The molecule has 3 nitrogen and oxygen atoms in total. The molecule has 1 N–H and O–H groups in total. The van der Waals surface area contributed by atoms with Gasteiger partial charge in [0.15, 0.2) is 0 Å². The third-order valence-electron chi connectivity index (χ3n) is 3.30. The molecule has 0 aromatic heterocycles. The van der Waals surface area contributed by atoms with Crippen LogP contribution in [0, 0.1) is 0 Å². The van der Waals surface area contributed by atoms with E-state index in [4.69, 9.17) is 0 Å². The molecule has 0 radical (unpaired) electrons. The molecule has 0 bridgehead atoms. The van der Waals surface area contributed by atoms with Crippen molar-refractivity contribution >= 4 is 5.91 Å². The van der Waals surface area contributed by atoms with Crippen LogP contribution in [-0.2, 0) is 4.79 Å². The first-order valence-electron chi connectivity index (χ1n) is 6.14. The summed E-state index contributed by atoms with van der Waals surface area (Å²) in [5.74, 6) is 0.287. The molecule has 0 aliphatic heterocycles. The maximum atomic E-state index is 11.9. The highest BCUT2D eigenvalue weighted by Crippen LogP contribution is 2.22. The van der Waals surface area contributed by atoms with Crippen LogP contribution in [0.4, 0.5) is 0 Å². The Bertz CT molecular complexity index is 200. The molecule has 1 rings (SSSR count). The van der Waals surface area contributed by atoms with Crippen molar-refractivity contribution < 1.29 is 4.79 Å². The monoisotopic (exact) mass is 212 g/mol. The van der Waals surface area contributed by atoms with Crippen LogP contribution >= 0.6 is 0 Å². The second-order valence-electron chi connectivity index (χ2n) is 4.61. The van der Waals surface area contributed by atoms with Crippen molar-refractivity contribution in [1.82, 2.24) is 10.2 Å². The lowest BCUT2D eigenvalue weighted by Gasteiger charge is -2.25. The highest BCUT2D eigenvalue weighted by Gasteiger charge is 2.23. The van der Waals surface area contributed by atoms with E-state index in [2.05, 4.69) is 19.2 Å². The maximum Gasteiger partial charge on any atom is 0.224 e. The third-order valence-corrected chi connectivity index (χ3v) is 3.30. The van der Waals surface area contributed by atoms with Gasteiger partial charge in [-0.2, -0.15) is 0 Å². The van der Waals surface area contributed by atoms with Gasteiger partial charge >= 0.3 is 0 Å². The first-order chi connectivity index (χ1) is 7.15. The number of nitrogens with one attached hydrogen (secondary N) is 1. The van der Waals surface area contributed by atoms with Crippen molar-refractivity contribution in [3.05, 3.63) is 0 Å². The predicted octanol–water partition coefficient (Wildman–Crippen LogP) is 1.78. The van der Waals surface area contributed by atoms with Crippen LogP contribution < -0.4 is 5.32 Å². The Morgan fingerprint density at radius 1 is 1.47 bits per heavy atom. The van der Waals surface area contributed by atoms with Gasteiger partial charge in [0.2, 0.25) is 5.91 Å². The van der Waals surface area contributed by atoms with E-state index < -0.39 is 0 Å². The number of hydrogen-bond acceptors (Lipinski definition) is 2. The highest BCUT2D eigenvalue weighted by molar-refractivity contribution is 5.76. The number of carbonyl (C=O) groups is 1. The molecular formula is C12H24N2O. The van der Waals surface area contributed by atoms with Crippen molar-refractivity contribution in [1.29, 1.82) is 0 Å². The summed E-state index contributed by atoms with van der Waals surface area (Å²) in [6, 6.07) is 0.803. The Balaban J connectivity index is 2.31. The molecule has 0 heterocycles. The second-order valence-corrected chi connectivity index (χ2v) is 4.61. The smallest absolute Gasteiger partial charge is 0.224 e. The lowest BCUT2D eigenvalue weighted by Crippen LogP contribution is -2.39. The van der Waals surface area contributed by atoms with Gasteiger partial charge in [0, 0.05) is 25.6 Å². The Morgan fingerprint density at radius 2 is 2.07 bits per heavy atom. The summed E-state index contributed by atoms with van der Waals surface area (Å²) >= 11 is 0. The molecular weight excluding hydrogens is 188 g/mol. The molecule has 15 heavy (non-hydrogen) atoms. The molecule has 3 heteroatoms. The molecule has 0 spiro atoms. The van der Waals surface area contributed by atoms with Gasteiger partial charge < -0.3 is 10.2 Å². The lowest BCUT2D eigenvalue weighted by molar-refractivity contribution is -0.132. The number of amides is 1. The Kier molecular flexibility index (Phi) is 5.09. The van der Waals surface area contributed by atoms with E-state index in [0.717, 1.165) is 6.54 Å². The van der Waals surface area contributed by atoms with Crippen molar-refractivity contribution in [3.63, 3.8) is 0 Å². The zero-order valence-electron chi connectivity index (χ0n) is 10.3. The van der Waals surface area contributed by atoms with E-state index in [9.17, 15) is 4.79 Å². The fourth-order valence-electron chi connectivity index (χ4n) is 2.32. The average Bonchev–Trinajstić information content (AvgIpc) is 2.69. The Hall–Kier alpha value is -0.570. The van der Waals surface area contributed by atoms with Crippen LogP contribution in [0.1, 0.15) is 46.0 Å². The number of nitrogens with zero attached hydrogens (tertiary/aromatic N) is 1. The van der Waals surface area contributed by atoms with E-state index in [1.54, 1.807) is 0 Å². The van der Waals surface area contributed by atoms with Crippen LogP contribution in [-0.4, -0.2) is 36.5 Å². The summed E-state index contributed by atoms with van der Waals surface area (Å²) < 4.78 is 0. The molecule has 1 saturated carbocycles. The van der Waals surface area contributed by atoms with Gasteiger partial charge in [0.05, 0.1) is 0 Å². The fourth-order valence-corrected chi connectivity index (χ4v) is 2.32. The molecule has 1 aliphatic carbocycles. The standard InChI is InChI=1S/C12H24N2O/c1-4-13-10(2)9-12(15)14(3)11-7-5-6-8-11/h10-11,13H,4-9H2,1-3H3. The Labute approximate surface area is 93.2 Å². The van der Waals surface area contributed by atoms with Gasteiger partial charge in [-0.3, -0.25) is 4.79 Å². The first kappa shape index (κ1) is 12.5. The van der Waals surface area contributed by atoms with E-state index in [-0.39, 0.29) is 5.91 Å². The average molecular weight is 212 g/mol. The molecule has 1 aliphatic rings. The molecule has 1 atom stereocenters. The minimum absolute atomic E-state index is 0.287. The quantitative estimate of drug-likeness (QED) is 0.753. The fraction of sp³-hybridized carbons (Fsp3) is 0.917. The van der Waals surface area contributed by atoms with Gasteiger partial charge in [0.1, 0.15) is 0 Å². The predicted molar refractivity (Wildman–Crippen MR) is 62.8 cm³/mol. The summed E-state index contributed by atoms with van der Waals surface area (Å²) in [7, 11) is 1.96. The lowest BCUT2D eigenvalue weighted by atomic mass is 10.1. The summed E-state index contributed by atoms with van der Waals surface area (Å²) in [4.78, 5) is 13.9. The number of rotatable bonds is 5. The largest absolute Gasteiger partial charge is 0.343 e.